The lowest BCUT2D eigenvalue weighted by Crippen LogP contribution is -2.49. The molecule has 2 aromatic rings. The molecule has 1 aromatic carbocycles. The van der Waals surface area contributed by atoms with Gasteiger partial charge in [-0.3, -0.25) is 24.5 Å². The minimum atomic E-state index is -0.355. The second kappa shape index (κ2) is 7.42. The first-order valence-corrected chi connectivity index (χ1v) is 10.6. The van der Waals surface area contributed by atoms with Crippen LogP contribution in [0.2, 0.25) is 0 Å². The van der Waals surface area contributed by atoms with Gasteiger partial charge in [-0.2, -0.15) is 5.10 Å². The van der Waals surface area contributed by atoms with Gasteiger partial charge in [-0.15, -0.1) is 0 Å². The fraction of sp³-hybridized carbons (Fsp3) is 0.571. The van der Waals surface area contributed by atoms with Gasteiger partial charge in [-0.05, 0) is 31.0 Å². The van der Waals surface area contributed by atoms with Gasteiger partial charge in [0, 0.05) is 69.9 Å². The molecular weight excluding hydrogens is 368 g/mol. The van der Waals surface area contributed by atoms with Gasteiger partial charge < -0.3 is 10.2 Å². The minimum Gasteiger partial charge on any atom is -0.370 e. The van der Waals surface area contributed by atoms with Gasteiger partial charge in [-0.25, -0.2) is 0 Å². The van der Waals surface area contributed by atoms with Gasteiger partial charge in [-0.1, -0.05) is 0 Å². The zero-order chi connectivity index (χ0) is 20.0. The van der Waals surface area contributed by atoms with E-state index < -0.39 is 0 Å². The SMILES string of the molecule is Cn1nc(C2CCC(=O)NC2=O)c2ccc(N3CCC(N4CCNCC4)C3)cc21. The maximum Gasteiger partial charge on any atom is 0.235 e. The van der Waals surface area contributed by atoms with E-state index in [2.05, 4.69) is 43.7 Å². The number of aryl methyl sites for hydroxylation is 1. The molecule has 0 radical (unpaired) electrons. The molecule has 8 heteroatoms. The largest absolute Gasteiger partial charge is 0.370 e. The Morgan fingerprint density at radius 2 is 1.93 bits per heavy atom. The van der Waals surface area contributed by atoms with Crippen LogP contribution in [-0.4, -0.2) is 71.8 Å². The standard InChI is InChI=1S/C21H28N6O2/c1-25-18-12-14(27-9-6-15(13-27)26-10-7-22-8-11-26)2-3-16(18)20(24-25)17-4-5-19(28)23-21(17)29/h2-3,12,15,17,22H,4-11,13H2,1H3,(H,23,28,29). The number of rotatable bonds is 3. The summed E-state index contributed by atoms with van der Waals surface area (Å²) in [5.41, 5.74) is 3.03. The Labute approximate surface area is 170 Å². The summed E-state index contributed by atoms with van der Waals surface area (Å²) in [5, 5.41) is 11.5. The number of piperidine rings is 1. The summed E-state index contributed by atoms with van der Waals surface area (Å²) < 4.78 is 1.86. The van der Waals surface area contributed by atoms with E-state index in [4.69, 9.17) is 0 Å². The van der Waals surface area contributed by atoms with Gasteiger partial charge in [0.2, 0.25) is 11.8 Å². The van der Waals surface area contributed by atoms with Crippen LogP contribution in [0.4, 0.5) is 5.69 Å². The van der Waals surface area contributed by atoms with E-state index in [1.165, 1.54) is 12.1 Å². The zero-order valence-corrected chi connectivity index (χ0v) is 16.9. The maximum absolute atomic E-state index is 12.3. The van der Waals surface area contributed by atoms with E-state index in [1.54, 1.807) is 0 Å². The van der Waals surface area contributed by atoms with Crippen molar-refractivity contribution in [2.24, 2.45) is 7.05 Å². The number of aromatic nitrogens is 2. The van der Waals surface area contributed by atoms with Crippen LogP contribution < -0.4 is 15.5 Å². The third-order valence-electron chi connectivity index (χ3n) is 6.63. The van der Waals surface area contributed by atoms with E-state index in [9.17, 15) is 9.59 Å². The normalized spacial score (nSPS) is 26.3. The van der Waals surface area contributed by atoms with Crippen LogP contribution in [0.5, 0.6) is 0 Å². The van der Waals surface area contributed by atoms with Crippen LogP contribution in [0.15, 0.2) is 18.2 Å². The molecule has 0 spiro atoms. The first-order chi connectivity index (χ1) is 14.1. The Bertz CT molecular complexity index is 948. The predicted octanol–water partition coefficient (Wildman–Crippen LogP) is 0.577. The van der Waals surface area contributed by atoms with Crippen LogP contribution in [0, 0.1) is 0 Å². The third kappa shape index (κ3) is 3.40. The summed E-state index contributed by atoms with van der Waals surface area (Å²) in [6.45, 7) is 6.56. The Morgan fingerprint density at radius 1 is 1.10 bits per heavy atom. The molecule has 4 heterocycles. The van der Waals surface area contributed by atoms with Gasteiger partial charge in [0.05, 0.1) is 17.1 Å². The van der Waals surface area contributed by atoms with Crippen molar-refractivity contribution in [3.05, 3.63) is 23.9 Å². The third-order valence-corrected chi connectivity index (χ3v) is 6.63. The van der Waals surface area contributed by atoms with Crippen molar-refractivity contribution < 1.29 is 9.59 Å². The van der Waals surface area contributed by atoms with Gasteiger partial charge >= 0.3 is 0 Å². The van der Waals surface area contributed by atoms with Crippen molar-refractivity contribution in [1.29, 1.82) is 0 Å². The van der Waals surface area contributed by atoms with E-state index in [0.29, 0.717) is 18.9 Å². The van der Waals surface area contributed by atoms with Crippen molar-refractivity contribution >= 4 is 28.4 Å². The van der Waals surface area contributed by atoms with Crippen molar-refractivity contribution in [2.75, 3.05) is 44.2 Å². The number of hydrogen-bond donors (Lipinski definition) is 2. The van der Waals surface area contributed by atoms with Gasteiger partial charge in [0.1, 0.15) is 0 Å². The Hall–Kier alpha value is -2.45. The Morgan fingerprint density at radius 3 is 2.72 bits per heavy atom. The molecule has 29 heavy (non-hydrogen) atoms. The monoisotopic (exact) mass is 396 g/mol. The number of carbonyl (C=O) groups excluding carboxylic acids is 2. The highest BCUT2D eigenvalue weighted by Crippen LogP contribution is 2.33. The molecule has 3 aliphatic rings. The number of benzene rings is 1. The van der Waals surface area contributed by atoms with Crippen LogP contribution >= 0.6 is 0 Å². The number of anilines is 1. The first-order valence-electron chi connectivity index (χ1n) is 10.6. The summed E-state index contributed by atoms with van der Waals surface area (Å²) in [4.78, 5) is 28.9. The lowest BCUT2D eigenvalue weighted by Gasteiger charge is -2.32. The molecule has 2 N–H and O–H groups in total. The summed E-state index contributed by atoms with van der Waals surface area (Å²) in [6, 6.07) is 7.06. The van der Waals surface area contributed by atoms with E-state index >= 15 is 0 Å². The summed E-state index contributed by atoms with van der Waals surface area (Å²) >= 11 is 0. The molecule has 0 saturated carbocycles. The quantitative estimate of drug-likeness (QED) is 0.739. The highest BCUT2D eigenvalue weighted by atomic mass is 16.2. The van der Waals surface area contributed by atoms with E-state index in [1.807, 2.05) is 11.7 Å². The maximum atomic E-state index is 12.3. The molecular formula is C21H28N6O2. The molecule has 1 aromatic heterocycles. The summed E-state index contributed by atoms with van der Waals surface area (Å²) in [6.07, 6.45) is 2.09. The molecule has 2 amide bonds. The molecule has 0 aliphatic carbocycles. The van der Waals surface area contributed by atoms with Crippen molar-refractivity contribution in [2.45, 2.75) is 31.2 Å². The van der Waals surface area contributed by atoms with E-state index in [-0.39, 0.29) is 17.7 Å². The molecule has 8 nitrogen and oxygen atoms in total. The smallest absolute Gasteiger partial charge is 0.235 e. The number of nitrogens with zero attached hydrogens (tertiary/aromatic N) is 4. The number of piperazine rings is 1. The number of hydrogen-bond acceptors (Lipinski definition) is 6. The summed E-state index contributed by atoms with van der Waals surface area (Å²) in [7, 11) is 1.93. The average Bonchev–Trinajstić information content (AvgIpc) is 3.34. The molecule has 2 atom stereocenters. The summed E-state index contributed by atoms with van der Waals surface area (Å²) in [5.74, 6) is -0.781. The highest BCUT2D eigenvalue weighted by Gasteiger charge is 2.32. The predicted molar refractivity (Wildman–Crippen MR) is 111 cm³/mol. The van der Waals surface area contributed by atoms with Crippen molar-refractivity contribution in [3.63, 3.8) is 0 Å². The topological polar surface area (TPSA) is 82.5 Å². The fourth-order valence-corrected chi connectivity index (χ4v) is 5.00. The molecule has 5 rings (SSSR count). The van der Waals surface area contributed by atoms with Gasteiger partial charge in [0.15, 0.2) is 0 Å². The minimum absolute atomic E-state index is 0.193. The van der Waals surface area contributed by atoms with Crippen LogP contribution in [0.3, 0.4) is 0 Å². The number of amides is 2. The van der Waals surface area contributed by atoms with Gasteiger partial charge in [0.25, 0.3) is 0 Å². The number of nitrogens with one attached hydrogen (secondary N) is 2. The fourth-order valence-electron chi connectivity index (χ4n) is 5.00. The molecule has 3 saturated heterocycles. The molecule has 3 aliphatic heterocycles. The lowest BCUT2D eigenvalue weighted by molar-refractivity contribution is -0.134. The molecule has 154 valence electrons. The van der Waals surface area contributed by atoms with E-state index in [0.717, 1.165) is 55.9 Å². The molecule has 3 fully saturated rings. The Balaban J connectivity index is 1.38. The number of imide groups is 1. The Kier molecular flexibility index (Phi) is 4.75. The van der Waals surface area contributed by atoms with Crippen LogP contribution in [0.1, 0.15) is 30.9 Å². The first kappa shape index (κ1) is 18.6. The zero-order valence-electron chi connectivity index (χ0n) is 16.9. The number of carbonyl (C=O) groups is 2. The second-order valence-corrected chi connectivity index (χ2v) is 8.39. The molecule has 2 unspecified atom stereocenters. The lowest BCUT2D eigenvalue weighted by atomic mass is 9.93. The highest BCUT2D eigenvalue weighted by molar-refractivity contribution is 6.02. The average molecular weight is 396 g/mol. The van der Waals surface area contributed by atoms with Crippen LogP contribution in [0.25, 0.3) is 10.9 Å². The second-order valence-electron chi connectivity index (χ2n) is 8.39. The van der Waals surface area contributed by atoms with Crippen molar-refractivity contribution in [1.82, 2.24) is 25.3 Å². The van der Waals surface area contributed by atoms with Crippen LogP contribution in [-0.2, 0) is 16.6 Å². The molecule has 0 bridgehead atoms. The number of fused-ring (bicyclic) bond motifs is 1. The van der Waals surface area contributed by atoms with Crippen molar-refractivity contribution in [3.8, 4) is 0 Å².